The van der Waals surface area contributed by atoms with E-state index in [1.807, 2.05) is 0 Å². The molecular formula is C15H22O. The minimum atomic E-state index is -0.264. The smallest absolute Gasteiger partial charge is 0.0790 e. The zero-order valence-electron chi connectivity index (χ0n) is 10.2. The average Bonchev–Trinajstić information content (AvgIpc) is 2.24. The van der Waals surface area contributed by atoms with Crippen LogP contribution in [-0.2, 0) is 0 Å². The van der Waals surface area contributed by atoms with Gasteiger partial charge in [-0.05, 0) is 36.3 Å². The van der Waals surface area contributed by atoms with E-state index in [1.54, 1.807) is 0 Å². The second-order valence-corrected chi connectivity index (χ2v) is 4.96. The van der Waals surface area contributed by atoms with E-state index in [0.29, 0.717) is 0 Å². The highest BCUT2D eigenvalue weighted by Crippen LogP contribution is 2.37. The molecule has 1 fully saturated rings. The molecule has 0 heterocycles. The van der Waals surface area contributed by atoms with Gasteiger partial charge in [-0.15, -0.1) is 0 Å². The third-order valence-electron chi connectivity index (χ3n) is 3.70. The van der Waals surface area contributed by atoms with Crippen LogP contribution >= 0.6 is 0 Å². The van der Waals surface area contributed by atoms with E-state index in [2.05, 4.69) is 31.2 Å². The van der Waals surface area contributed by atoms with Crippen LogP contribution < -0.4 is 0 Å². The molecule has 2 rings (SSSR count). The van der Waals surface area contributed by atoms with E-state index in [9.17, 15) is 5.11 Å². The average molecular weight is 218 g/mol. The first-order valence-electron chi connectivity index (χ1n) is 6.59. The van der Waals surface area contributed by atoms with Crippen molar-refractivity contribution in [1.82, 2.24) is 0 Å². The Morgan fingerprint density at radius 1 is 1.38 bits per heavy atom. The zero-order valence-corrected chi connectivity index (χ0v) is 10.2. The number of benzene rings is 1. The molecular weight excluding hydrogens is 196 g/mol. The minimum absolute atomic E-state index is 0.264. The molecule has 1 unspecified atom stereocenters. The summed E-state index contributed by atoms with van der Waals surface area (Å²) in [5, 5.41) is 10.0. The molecule has 88 valence electrons. The van der Waals surface area contributed by atoms with E-state index in [1.165, 1.54) is 24.8 Å². The lowest BCUT2D eigenvalue weighted by molar-refractivity contribution is 0.164. The third-order valence-corrected chi connectivity index (χ3v) is 3.70. The molecule has 16 heavy (non-hydrogen) atoms. The quantitative estimate of drug-likeness (QED) is 0.786. The van der Waals surface area contributed by atoms with Crippen molar-refractivity contribution in [2.45, 2.75) is 57.5 Å². The lowest BCUT2D eigenvalue weighted by Crippen LogP contribution is -2.09. The van der Waals surface area contributed by atoms with E-state index in [0.717, 1.165) is 30.7 Å². The highest BCUT2D eigenvalue weighted by atomic mass is 16.3. The second kappa shape index (κ2) is 5.49. The molecule has 0 bridgehead atoms. The molecule has 0 aliphatic heterocycles. The highest BCUT2D eigenvalue weighted by molar-refractivity contribution is 5.28. The molecule has 1 N–H and O–H groups in total. The second-order valence-electron chi connectivity index (χ2n) is 4.96. The summed E-state index contributed by atoms with van der Waals surface area (Å²) in [7, 11) is 0. The van der Waals surface area contributed by atoms with Gasteiger partial charge < -0.3 is 5.11 Å². The summed E-state index contributed by atoms with van der Waals surface area (Å²) in [6.07, 6.45) is 6.91. The maximum atomic E-state index is 10.0. The Morgan fingerprint density at radius 2 is 2.19 bits per heavy atom. The summed E-state index contributed by atoms with van der Waals surface area (Å²) in [6.45, 7) is 2.16. The summed E-state index contributed by atoms with van der Waals surface area (Å²) in [5.41, 5.74) is 2.54. The Bertz CT molecular complexity index is 328. The lowest BCUT2D eigenvalue weighted by atomic mass is 9.79. The monoisotopic (exact) mass is 218 g/mol. The molecule has 1 aromatic carbocycles. The fourth-order valence-corrected chi connectivity index (χ4v) is 2.33. The predicted molar refractivity (Wildman–Crippen MR) is 67.5 cm³/mol. The maximum Gasteiger partial charge on any atom is 0.0790 e. The molecule has 0 amide bonds. The summed E-state index contributed by atoms with van der Waals surface area (Å²) in [5.74, 6) is 0.762. The van der Waals surface area contributed by atoms with E-state index in [-0.39, 0.29) is 6.10 Å². The van der Waals surface area contributed by atoms with Crippen LogP contribution in [0.15, 0.2) is 24.3 Å². The predicted octanol–water partition coefficient (Wildman–Crippen LogP) is 4.18. The molecule has 0 saturated heterocycles. The number of rotatable bonds is 5. The molecule has 0 aromatic heterocycles. The summed E-state index contributed by atoms with van der Waals surface area (Å²) in [4.78, 5) is 0. The van der Waals surface area contributed by atoms with Crippen LogP contribution in [0.25, 0.3) is 0 Å². The van der Waals surface area contributed by atoms with Gasteiger partial charge in [0.1, 0.15) is 0 Å². The third kappa shape index (κ3) is 2.65. The Hall–Kier alpha value is -0.820. The van der Waals surface area contributed by atoms with Crippen molar-refractivity contribution >= 4 is 0 Å². The normalized spacial score (nSPS) is 18.1. The maximum absolute atomic E-state index is 10.0. The lowest BCUT2D eigenvalue weighted by Gasteiger charge is -2.26. The first-order chi connectivity index (χ1) is 7.81. The minimum Gasteiger partial charge on any atom is -0.388 e. The first kappa shape index (κ1) is 11.7. The van der Waals surface area contributed by atoms with Crippen LogP contribution in [0.5, 0.6) is 0 Å². The molecule has 1 heteroatoms. The van der Waals surface area contributed by atoms with Gasteiger partial charge in [-0.1, -0.05) is 50.5 Å². The molecule has 0 spiro atoms. The summed E-state index contributed by atoms with van der Waals surface area (Å²) < 4.78 is 0. The van der Waals surface area contributed by atoms with Gasteiger partial charge in [-0.3, -0.25) is 0 Å². The van der Waals surface area contributed by atoms with Gasteiger partial charge in [0.15, 0.2) is 0 Å². The van der Waals surface area contributed by atoms with Crippen LogP contribution in [0, 0.1) is 0 Å². The standard InChI is InChI=1S/C15H22O/c1-2-3-10-15(16)14-9-5-8-13(11-14)12-6-4-7-12/h5,8-9,11-12,15-16H,2-4,6-7,10H2,1H3. The first-order valence-corrected chi connectivity index (χ1v) is 6.59. The number of hydrogen-bond donors (Lipinski definition) is 1. The number of hydrogen-bond acceptors (Lipinski definition) is 1. The van der Waals surface area contributed by atoms with Crippen molar-refractivity contribution in [2.24, 2.45) is 0 Å². The number of aliphatic hydroxyl groups excluding tert-OH is 1. The Morgan fingerprint density at radius 3 is 2.81 bits per heavy atom. The van der Waals surface area contributed by atoms with Crippen LogP contribution in [0.4, 0.5) is 0 Å². The Balaban J connectivity index is 2.02. The molecule has 0 radical (unpaired) electrons. The van der Waals surface area contributed by atoms with Crippen LogP contribution in [-0.4, -0.2) is 5.11 Å². The van der Waals surface area contributed by atoms with E-state index < -0.39 is 0 Å². The van der Waals surface area contributed by atoms with Gasteiger partial charge in [-0.2, -0.15) is 0 Å². The topological polar surface area (TPSA) is 20.2 Å². The van der Waals surface area contributed by atoms with Crippen LogP contribution in [0.3, 0.4) is 0 Å². The van der Waals surface area contributed by atoms with Gasteiger partial charge in [0.25, 0.3) is 0 Å². The largest absolute Gasteiger partial charge is 0.388 e. The molecule has 1 saturated carbocycles. The zero-order chi connectivity index (χ0) is 11.4. The van der Waals surface area contributed by atoms with Crippen LogP contribution in [0.1, 0.15) is 68.6 Å². The fourth-order valence-electron chi connectivity index (χ4n) is 2.33. The van der Waals surface area contributed by atoms with Crippen molar-refractivity contribution in [2.75, 3.05) is 0 Å². The van der Waals surface area contributed by atoms with Gasteiger partial charge >= 0.3 is 0 Å². The highest BCUT2D eigenvalue weighted by Gasteiger charge is 2.20. The van der Waals surface area contributed by atoms with Gasteiger partial charge in [-0.25, -0.2) is 0 Å². The number of unbranched alkanes of at least 4 members (excludes halogenated alkanes) is 1. The van der Waals surface area contributed by atoms with Crippen molar-refractivity contribution in [3.63, 3.8) is 0 Å². The SMILES string of the molecule is CCCCC(O)c1cccc(C2CCC2)c1. The summed E-state index contributed by atoms with van der Waals surface area (Å²) >= 11 is 0. The van der Waals surface area contributed by atoms with Crippen molar-refractivity contribution in [3.8, 4) is 0 Å². The molecule has 1 atom stereocenters. The fraction of sp³-hybridized carbons (Fsp3) is 0.600. The Labute approximate surface area is 98.5 Å². The van der Waals surface area contributed by atoms with Gasteiger partial charge in [0.05, 0.1) is 6.10 Å². The van der Waals surface area contributed by atoms with Crippen LogP contribution in [0.2, 0.25) is 0 Å². The molecule has 1 nitrogen and oxygen atoms in total. The van der Waals surface area contributed by atoms with E-state index in [4.69, 9.17) is 0 Å². The van der Waals surface area contributed by atoms with Gasteiger partial charge in [0, 0.05) is 0 Å². The van der Waals surface area contributed by atoms with Crippen molar-refractivity contribution in [3.05, 3.63) is 35.4 Å². The van der Waals surface area contributed by atoms with Crippen molar-refractivity contribution in [1.29, 1.82) is 0 Å². The molecule has 1 aromatic rings. The number of aliphatic hydroxyl groups is 1. The van der Waals surface area contributed by atoms with Crippen molar-refractivity contribution < 1.29 is 5.11 Å². The summed E-state index contributed by atoms with van der Waals surface area (Å²) in [6, 6.07) is 8.57. The van der Waals surface area contributed by atoms with Gasteiger partial charge in [0.2, 0.25) is 0 Å². The molecule has 1 aliphatic carbocycles. The van der Waals surface area contributed by atoms with E-state index >= 15 is 0 Å². The molecule has 1 aliphatic rings. The Kier molecular flexibility index (Phi) is 4.00.